The molecule has 0 saturated carbocycles. The molecule has 9 nitrogen and oxygen atoms in total. The second kappa shape index (κ2) is 12.5. The van der Waals surface area contributed by atoms with Gasteiger partial charge in [-0.25, -0.2) is 0 Å². The van der Waals surface area contributed by atoms with E-state index in [9.17, 15) is 14.4 Å². The normalized spacial score (nSPS) is 10.2. The zero-order valence-corrected chi connectivity index (χ0v) is 19.8. The first-order valence-electron chi connectivity index (χ1n) is 10.3. The number of halogens is 1. The predicted octanol–water partition coefficient (Wildman–Crippen LogP) is 2.97. The number of carbonyl (C=O) groups is 3. The zero-order valence-electron chi connectivity index (χ0n) is 19.1. The average Bonchev–Trinajstić information content (AvgIpc) is 2.82. The van der Waals surface area contributed by atoms with E-state index >= 15 is 0 Å². The Labute approximate surface area is 197 Å². The summed E-state index contributed by atoms with van der Waals surface area (Å²) < 4.78 is 15.8. The summed E-state index contributed by atoms with van der Waals surface area (Å²) in [5.74, 6) is 0.213. The number of hydrogen-bond acceptors (Lipinski definition) is 6. The van der Waals surface area contributed by atoms with Crippen LogP contribution in [-0.2, 0) is 9.59 Å². The average molecular weight is 478 g/mol. The van der Waals surface area contributed by atoms with Crippen molar-refractivity contribution < 1.29 is 28.6 Å². The molecule has 33 heavy (non-hydrogen) atoms. The van der Waals surface area contributed by atoms with Crippen LogP contribution in [0.4, 0.5) is 5.69 Å². The Kier molecular flexibility index (Phi) is 9.81. The van der Waals surface area contributed by atoms with Gasteiger partial charge in [-0.05, 0) is 50.2 Å². The Morgan fingerprint density at radius 2 is 1.61 bits per heavy atom. The number of hydrogen-bond donors (Lipinski definition) is 2. The highest BCUT2D eigenvalue weighted by molar-refractivity contribution is 6.32. The van der Waals surface area contributed by atoms with Crippen LogP contribution < -0.4 is 24.8 Å². The maximum absolute atomic E-state index is 12.3. The van der Waals surface area contributed by atoms with Crippen LogP contribution in [0.1, 0.15) is 24.2 Å². The SMILES string of the molecule is CCN(CC)C(=O)COc1ccc(NC(=O)CNC(=O)c2ccc(OC)c(OC)c2)cc1Cl. The van der Waals surface area contributed by atoms with Gasteiger partial charge in [0, 0.05) is 24.3 Å². The standard InChI is InChI=1S/C23H28ClN3O6/c1-5-27(6-2)22(29)14-33-18-10-8-16(12-17(18)24)26-21(28)13-25-23(30)15-7-9-19(31-3)20(11-15)32-4/h7-12H,5-6,13-14H2,1-4H3,(H,25,30)(H,26,28). The second-order valence-electron chi connectivity index (χ2n) is 6.80. The van der Waals surface area contributed by atoms with E-state index in [0.29, 0.717) is 41.6 Å². The number of nitrogens with zero attached hydrogens (tertiary/aromatic N) is 1. The Balaban J connectivity index is 1.89. The molecule has 0 aliphatic heterocycles. The molecule has 0 heterocycles. The van der Waals surface area contributed by atoms with Crippen molar-refractivity contribution >= 4 is 35.0 Å². The first kappa shape index (κ1) is 25.8. The monoisotopic (exact) mass is 477 g/mol. The number of ether oxygens (including phenoxy) is 3. The van der Waals surface area contributed by atoms with Gasteiger partial charge < -0.3 is 29.7 Å². The molecule has 0 saturated heterocycles. The third kappa shape index (κ3) is 7.28. The van der Waals surface area contributed by atoms with Crippen molar-refractivity contribution in [1.82, 2.24) is 10.2 Å². The molecule has 2 aromatic carbocycles. The van der Waals surface area contributed by atoms with E-state index in [4.69, 9.17) is 25.8 Å². The number of carbonyl (C=O) groups excluding carboxylic acids is 3. The van der Waals surface area contributed by atoms with Crippen molar-refractivity contribution in [3.63, 3.8) is 0 Å². The quantitative estimate of drug-likeness (QED) is 0.515. The number of likely N-dealkylation sites (N-methyl/N-ethyl adjacent to an activating group) is 1. The smallest absolute Gasteiger partial charge is 0.260 e. The molecule has 0 aromatic heterocycles. The summed E-state index contributed by atoms with van der Waals surface area (Å²) >= 11 is 6.21. The van der Waals surface area contributed by atoms with Crippen molar-refractivity contribution in [1.29, 1.82) is 0 Å². The van der Waals surface area contributed by atoms with E-state index in [1.807, 2.05) is 13.8 Å². The number of nitrogens with one attached hydrogen (secondary N) is 2. The fourth-order valence-electron chi connectivity index (χ4n) is 2.95. The molecule has 0 unspecified atom stereocenters. The predicted molar refractivity (Wildman–Crippen MR) is 125 cm³/mol. The van der Waals surface area contributed by atoms with Crippen molar-refractivity contribution in [2.45, 2.75) is 13.8 Å². The fraction of sp³-hybridized carbons (Fsp3) is 0.348. The summed E-state index contributed by atoms with van der Waals surface area (Å²) in [6.07, 6.45) is 0. The van der Waals surface area contributed by atoms with Gasteiger partial charge in [0.15, 0.2) is 18.1 Å². The van der Waals surface area contributed by atoms with Crippen LogP contribution in [0.5, 0.6) is 17.2 Å². The summed E-state index contributed by atoms with van der Waals surface area (Å²) in [5.41, 5.74) is 0.747. The van der Waals surface area contributed by atoms with E-state index in [0.717, 1.165) is 0 Å². The van der Waals surface area contributed by atoms with Gasteiger partial charge in [0.1, 0.15) is 5.75 Å². The van der Waals surface area contributed by atoms with Crippen LogP contribution in [0.25, 0.3) is 0 Å². The lowest BCUT2D eigenvalue weighted by atomic mass is 10.2. The van der Waals surface area contributed by atoms with Crippen molar-refractivity contribution in [3.8, 4) is 17.2 Å². The summed E-state index contributed by atoms with van der Waals surface area (Å²) in [6.45, 7) is 4.60. The second-order valence-corrected chi connectivity index (χ2v) is 7.21. The van der Waals surface area contributed by atoms with Crippen LogP contribution in [0.15, 0.2) is 36.4 Å². The Morgan fingerprint density at radius 3 is 2.21 bits per heavy atom. The van der Waals surface area contributed by atoms with Gasteiger partial charge in [-0.1, -0.05) is 11.6 Å². The highest BCUT2D eigenvalue weighted by atomic mass is 35.5. The molecule has 3 amide bonds. The summed E-state index contributed by atoms with van der Waals surface area (Å²) in [6, 6.07) is 9.36. The van der Waals surface area contributed by atoms with Crippen molar-refractivity contribution in [3.05, 3.63) is 47.0 Å². The van der Waals surface area contributed by atoms with Gasteiger partial charge in [-0.3, -0.25) is 14.4 Å². The first-order chi connectivity index (χ1) is 15.8. The highest BCUT2D eigenvalue weighted by Crippen LogP contribution is 2.28. The van der Waals surface area contributed by atoms with E-state index in [1.54, 1.807) is 29.2 Å². The van der Waals surface area contributed by atoms with Crippen LogP contribution >= 0.6 is 11.6 Å². The van der Waals surface area contributed by atoms with Gasteiger partial charge in [0.2, 0.25) is 5.91 Å². The topological polar surface area (TPSA) is 106 Å². The molecular weight excluding hydrogens is 450 g/mol. The molecule has 10 heteroatoms. The third-order valence-corrected chi connectivity index (χ3v) is 5.03. The van der Waals surface area contributed by atoms with Gasteiger partial charge >= 0.3 is 0 Å². The minimum absolute atomic E-state index is 0.130. The number of methoxy groups -OCH3 is 2. The molecule has 0 spiro atoms. The van der Waals surface area contributed by atoms with Crippen LogP contribution in [-0.4, -0.2) is 63.1 Å². The third-order valence-electron chi connectivity index (χ3n) is 4.74. The Bertz CT molecular complexity index is 994. The Morgan fingerprint density at radius 1 is 0.939 bits per heavy atom. The minimum Gasteiger partial charge on any atom is -0.493 e. The molecule has 2 aromatic rings. The maximum Gasteiger partial charge on any atom is 0.260 e. The van der Waals surface area contributed by atoms with E-state index in [-0.39, 0.29) is 24.1 Å². The van der Waals surface area contributed by atoms with E-state index in [1.165, 1.54) is 26.4 Å². The minimum atomic E-state index is -0.440. The largest absolute Gasteiger partial charge is 0.493 e. The lowest BCUT2D eigenvalue weighted by molar-refractivity contribution is -0.133. The van der Waals surface area contributed by atoms with Gasteiger partial charge in [0.25, 0.3) is 11.8 Å². The molecule has 178 valence electrons. The number of anilines is 1. The van der Waals surface area contributed by atoms with Gasteiger partial charge in [-0.15, -0.1) is 0 Å². The number of benzene rings is 2. The molecule has 0 aliphatic carbocycles. The van der Waals surface area contributed by atoms with Crippen LogP contribution in [0.3, 0.4) is 0 Å². The molecule has 0 atom stereocenters. The fourth-order valence-corrected chi connectivity index (χ4v) is 3.18. The molecule has 2 N–H and O–H groups in total. The summed E-state index contributed by atoms with van der Waals surface area (Å²) in [5, 5.41) is 5.43. The summed E-state index contributed by atoms with van der Waals surface area (Å²) in [7, 11) is 2.97. The zero-order chi connectivity index (χ0) is 24.4. The van der Waals surface area contributed by atoms with E-state index in [2.05, 4.69) is 10.6 Å². The van der Waals surface area contributed by atoms with Gasteiger partial charge in [-0.2, -0.15) is 0 Å². The van der Waals surface area contributed by atoms with E-state index < -0.39 is 11.8 Å². The van der Waals surface area contributed by atoms with Crippen molar-refractivity contribution in [2.75, 3.05) is 45.8 Å². The Hall–Kier alpha value is -3.46. The highest BCUT2D eigenvalue weighted by Gasteiger charge is 2.14. The van der Waals surface area contributed by atoms with Crippen molar-refractivity contribution in [2.24, 2.45) is 0 Å². The molecule has 0 aliphatic rings. The molecule has 0 fully saturated rings. The first-order valence-corrected chi connectivity index (χ1v) is 10.7. The van der Waals surface area contributed by atoms with Gasteiger partial charge in [0.05, 0.1) is 25.8 Å². The molecule has 0 bridgehead atoms. The number of amides is 3. The lowest BCUT2D eigenvalue weighted by Crippen LogP contribution is -2.34. The number of rotatable bonds is 11. The molecular formula is C23H28ClN3O6. The maximum atomic E-state index is 12.3. The molecule has 2 rings (SSSR count). The van der Waals surface area contributed by atoms with Crippen LogP contribution in [0.2, 0.25) is 5.02 Å². The van der Waals surface area contributed by atoms with Crippen LogP contribution in [0, 0.1) is 0 Å². The molecule has 0 radical (unpaired) electrons. The summed E-state index contributed by atoms with van der Waals surface area (Å²) in [4.78, 5) is 38.3. The lowest BCUT2D eigenvalue weighted by Gasteiger charge is -2.19.